The van der Waals surface area contributed by atoms with E-state index in [1.54, 1.807) is 24.3 Å². The van der Waals surface area contributed by atoms with Gasteiger partial charge in [0.25, 0.3) is 11.8 Å². The predicted octanol–water partition coefficient (Wildman–Crippen LogP) is 1.02. The van der Waals surface area contributed by atoms with Crippen LogP contribution in [0.3, 0.4) is 0 Å². The SMILES string of the molecule is Cl.NCCC(=O)NCC1CCCCN1CCN1C(=O)c2ccccc2C1=O. The minimum absolute atomic E-state index is 0. The van der Waals surface area contributed by atoms with Crippen LogP contribution in [-0.4, -0.2) is 66.3 Å². The van der Waals surface area contributed by atoms with Crippen LogP contribution in [0.5, 0.6) is 0 Å². The maximum atomic E-state index is 12.5. The summed E-state index contributed by atoms with van der Waals surface area (Å²) in [6, 6.07) is 7.19. The third-order valence-electron chi connectivity index (χ3n) is 5.14. The molecule has 0 aromatic heterocycles. The molecule has 1 saturated heterocycles. The molecule has 0 saturated carbocycles. The summed E-state index contributed by atoms with van der Waals surface area (Å²) < 4.78 is 0. The fourth-order valence-electron chi connectivity index (χ4n) is 3.71. The number of likely N-dealkylation sites (tertiary alicyclic amines) is 1. The van der Waals surface area contributed by atoms with Gasteiger partial charge in [0.15, 0.2) is 0 Å². The average molecular weight is 395 g/mol. The molecule has 1 aromatic rings. The van der Waals surface area contributed by atoms with Gasteiger partial charge in [-0.1, -0.05) is 18.6 Å². The molecule has 2 aliphatic rings. The van der Waals surface area contributed by atoms with Crippen molar-refractivity contribution >= 4 is 30.1 Å². The molecule has 3 amide bonds. The molecule has 1 fully saturated rings. The number of carbonyl (C=O) groups is 3. The van der Waals surface area contributed by atoms with E-state index in [1.165, 1.54) is 4.90 Å². The van der Waals surface area contributed by atoms with Crippen LogP contribution in [0.4, 0.5) is 0 Å². The maximum Gasteiger partial charge on any atom is 0.261 e. The molecule has 7 nitrogen and oxygen atoms in total. The number of nitrogens with two attached hydrogens (primary N) is 1. The van der Waals surface area contributed by atoms with Crippen molar-refractivity contribution in [3.05, 3.63) is 35.4 Å². The van der Waals surface area contributed by atoms with Crippen LogP contribution in [0.15, 0.2) is 24.3 Å². The van der Waals surface area contributed by atoms with Crippen molar-refractivity contribution in [2.24, 2.45) is 5.73 Å². The van der Waals surface area contributed by atoms with E-state index in [9.17, 15) is 14.4 Å². The van der Waals surface area contributed by atoms with Crippen LogP contribution in [-0.2, 0) is 4.79 Å². The van der Waals surface area contributed by atoms with Crippen LogP contribution in [0.25, 0.3) is 0 Å². The highest BCUT2D eigenvalue weighted by Gasteiger charge is 2.35. The number of nitrogens with one attached hydrogen (secondary N) is 1. The molecule has 2 heterocycles. The zero-order chi connectivity index (χ0) is 18.5. The molecule has 27 heavy (non-hydrogen) atoms. The van der Waals surface area contributed by atoms with Gasteiger partial charge in [0.2, 0.25) is 5.91 Å². The molecule has 1 aromatic carbocycles. The maximum absolute atomic E-state index is 12.5. The highest BCUT2D eigenvalue weighted by molar-refractivity contribution is 6.21. The Morgan fingerprint density at radius 2 is 1.78 bits per heavy atom. The Hall–Kier alpha value is -1.96. The number of nitrogens with zero attached hydrogens (tertiary/aromatic N) is 2. The Bertz CT molecular complexity index is 662. The number of imide groups is 1. The van der Waals surface area contributed by atoms with E-state index in [0.29, 0.717) is 43.7 Å². The number of rotatable bonds is 7. The third kappa shape index (κ3) is 4.86. The second kappa shape index (κ2) is 9.82. The van der Waals surface area contributed by atoms with E-state index in [4.69, 9.17) is 5.73 Å². The number of fused-ring (bicyclic) bond motifs is 1. The molecule has 0 aliphatic carbocycles. The van der Waals surface area contributed by atoms with Gasteiger partial charge in [-0.3, -0.25) is 24.2 Å². The second-order valence-electron chi connectivity index (χ2n) is 6.84. The largest absolute Gasteiger partial charge is 0.354 e. The molecular weight excluding hydrogens is 368 g/mol. The molecular formula is C19H27ClN4O3. The van der Waals surface area contributed by atoms with E-state index in [0.717, 1.165) is 25.8 Å². The van der Waals surface area contributed by atoms with Crippen molar-refractivity contribution in [1.29, 1.82) is 0 Å². The Balaban J connectivity index is 0.00000261. The predicted molar refractivity (Wildman–Crippen MR) is 105 cm³/mol. The molecule has 1 unspecified atom stereocenters. The van der Waals surface area contributed by atoms with E-state index in [-0.39, 0.29) is 36.2 Å². The summed E-state index contributed by atoms with van der Waals surface area (Å²) in [5.41, 5.74) is 6.38. The number of halogens is 1. The number of benzene rings is 1. The van der Waals surface area contributed by atoms with E-state index < -0.39 is 0 Å². The minimum atomic E-state index is -0.213. The van der Waals surface area contributed by atoms with Gasteiger partial charge in [-0.2, -0.15) is 0 Å². The minimum Gasteiger partial charge on any atom is -0.354 e. The van der Waals surface area contributed by atoms with Crippen LogP contribution in [0, 0.1) is 0 Å². The van der Waals surface area contributed by atoms with Crippen LogP contribution < -0.4 is 11.1 Å². The molecule has 8 heteroatoms. The van der Waals surface area contributed by atoms with Crippen LogP contribution in [0.2, 0.25) is 0 Å². The lowest BCUT2D eigenvalue weighted by atomic mass is 10.0. The molecule has 2 aliphatic heterocycles. The highest BCUT2D eigenvalue weighted by Crippen LogP contribution is 2.23. The normalized spacial score (nSPS) is 19.6. The lowest BCUT2D eigenvalue weighted by molar-refractivity contribution is -0.121. The van der Waals surface area contributed by atoms with Gasteiger partial charge in [0.1, 0.15) is 0 Å². The third-order valence-corrected chi connectivity index (χ3v) is 5.14. The summed E-state index contributed by atoms with van der Waals surface area (Å²) in [5, 5.41) is 2.93. The molecule has 0 radical (unpaired) electrons. The van der Waals surface area contributed by atoms with Crippen LogP contribution in [0.1, 0.15) is 46.4 Å². The summed E-state index contributed by atoms with van der Waals surface area (Å²) in [4.78, 5) is 40.2. The molecule has 0 bridgehead atoms. The Morgan fingerprint density at radius 3 is 2.41 bits per heavy atom. The first-order valence-electron chi connectivity index (χ1n) is 9.28. The van der Waals surface area contributed by atoms with Crippen molar-refractivity contribution in [2.75, 3.05) is 32.7 Å². The van der Waals surface area contributed by atoms with Gasteiger partial charge in [0, 0.05) is 38.6 Å². The van der Waals surface area contributed by atoms with Gasteiger partial charge in [-0.05, 0) is 31.5 Å². The van der Waals surface area contributed by atoms with Crippen molar-refractivity contribution < 1.29 is 14.4 Å². The van der Waals surface area contributed by atoms with E-state index in [1.807, 2.05) is 0 Å². The molecule has 3 N–H and O–H groups in total. The number of hydrogen-bond acceptors (Lipinski definition) is 5. The number of carbonyl (C=O) groups excluding carboxylic acids is 3. The van der Waals surface area contributed by atoms with Crippen molar-refractivity contribution in [2.45, 2.75) is 31.7 Å². The second-order valence-corrected chi connectivity index (χ2v) is 6.84. The van der Waals surface area contributed by atoms with E-state index in [2.05, 4.69) is 10.2 Å². The van der Waals surface area contributed by atoms with Crippen LogP contribution >= 0.6 is 12.4 Å². The fourth-order valence-corrected chi connectivity index (χ4v) is 3.71. The van der Waals surface area contributed by atoms with Gasteiger partial charge < -0.3 is 11.1 Å². The smallest absolute Gasteiger partial charge is 0.261 e. The quantitative estimate of drug-likeness (QED) is 0.673. The molecule has 3 rings (SSSR count). The number of hydrogen-bond donors (Lipinski definition) is 2. The summed E-state index contributed by atoms with van der Waals surface area (Å²) in [6.45, 7) is 2.85. The topological polar surface area (TPSA) is 95.7 Å². The molecule has 0 spiro atoms. The highest BCUT2D eigenvalue weighted by atomic mass is 35.5. The number of amides is 3. The van der Waals surface area contributed by atoms with Gasteiger partial charge in [-0.15, -0.1) is 12.4 Å². The zero-order valence-corrected chi connectivity index (χ0v) is 16.2. The Labute approximate surface area is 165 Å². The summed E-state index contributed by atoms with van der Waals surface area (Å²) in [5.74, 6) is -0.454. The summed E-state index contributed by atoms with van der Waals surface area (Å²) >= 11 is 0. The monoisotopic (exact) mass is 394 g/mol. The van der Waals surface area contributed by atoms with Crippen molar-refractivity contribution in [3.8, 4) is 0 Å². The first-order chi connectivity index (χ1) is 12.6. The van der Waals surface area contributed by atoms with E-state index >= 15 is 0 Å². The lowest BCUT2D eigenvalue weighted by Gasteiger charge is -2.36. The lowest BCUT2D eigenvalue weighted by Crippen LogP contribution is -2.49. The Morgan fingerprint density at radius 1 is 1.11 bits per heavy atom. The molecule has 1 atom stereocenters. The zero-order valence-electron chi connectivity index (χ0n) is 15.4. The summed E-state index contributed by atoms with van der Waals surface area (Å²) in [7, 11) is 0. The standard InChI is InChI=1S/C19H26N4O3.ClH/c20-9-8-17(24)21-13-14-5-3-4-10-22(14)11-12-23-18(25)15-6-1-2-7-16(15)19(23)26;/h1-2,6-7,14H,3-5,8-13,20H2,(H,21,24);1H. The van der Waals surface area contributed by atoms with Gasteiger partial charge in [-0.25, -0.2) is 0 Å². The fraction of sp³-hybridized carbons (Fsp3) is 0.526. The van der Waals surface area contributed by atoms with Gasteiger partial charge >= 0.3 is 0 Å². The first-order valence-corrected chi connectivity index (χ1v) is 9.28. The van der Waals surface area contributed by atoms with Crippen molar-refractivity contribution in [3.63, 3.8) is 0 Å². The Kier molecular flexibility index (Phi) is 7.77. The van der Waals surface area contributed by atoms with Gasteiger partial charge in [0.05, 0.1) is 11.1 Å². The molecule has 148 valence electrons. The average Bonchev–Trinajstić information content (AvgIpc) is 2.90. The number of piperidine rings is 1. The van der Waals surface area contributed by atoms with Crippen molar-refractivity contribution in [1.82, 2.24) is 15.1 Å². The summed E-state index contributed by atoms with van der Waals surface area (Å²) in [6.07, 6.45) is 3.56. The first kappa shape index (κ1) is 21.3.